The maximum Gasteiger partial charge on any atom is 0.416 e. The van der Waals surface area contributed by atoms with Crippen LogP contribution in [-0.2, 0) is 6.18 Å². The second kappa shape index (κ2) is 5.92. The van der Waals surface area contributed by atoms with Crippen LogP contribution in [0.1, 0.15) is 11.1 Å². The predicted molar refractivity (Wildman–Crippen MR) is 85.2 cm³/mol. The molecule has 7 heteroatoms. The van der Waals surface area contributed by atoms with E-state index >= 15 is 0 Å². The van der Waals surface area contributed by atoms with E-state index < -0.39 is 11.7 Å². The summed E-state index contributed by atoms with van der Waals surface area (Å²) >= 11 is 0. The van der Waals surface area contributed by atoms with E-state index in [-0.39, 0.29) is 5.88 Å². The van der Waals surface area contributed by atoms with Gasteiger partial charge in [0.2, 0.25) is 0 Å². The van der Waals surface area contributed by atoms with Crippen molar-refractivity contribution in [3.8, 4) is 11.6 Å². The Morgan fingerprint density at radius 1 is 1.12 bits per heavy atom. The lowest BCUT2D eigenvalue weighted by atomic mass is 10.1. The minimum Gasteiger partial charge on any atom is -0.497 e. The van der Waals surface area contributed by atoms with Crippen LogP contribution in [0.3, 0.4) is 0 Å². The number of benzene rings is 2. The number of rotatable bonds is 3. The van der Waals surface area contributed by atoms with Gasteiger partial charge in [-0.15, -0.1) is 0 Å². The highest BCUT2D eigenvalue weighted by atomic mass is 19.4. The number of aromatic nitrogens is 1. The van der Waals surface area contributed by atoms with E-state index in [1.807, 2.05) is 0 Å². The molecule has 0 radical (unpaired) electrons. The molecule has 2 aromatic carbocycles. The molecule has 0 aliphatic heterocycles. The number of halogens is 3. The Balaban J connectivity index is 1.94. The molecule has 24 heavy (non-hydrogen) atoms. The van der Waals surface area contributed by atoms with Crippen LogP contribution in [0.5, 0.6) is 11.6 Å². The van der Waals surface area contributed by atoms with E-state index in [0.29, 0.717) is 27.9 Å². The Hall–Kier alpha value is -2.96. The zero-order valence-corrected chi connectivity index (χ0v) is 12.6. The summed E-state index contributed by atoms with van der Waals surface area (Å²) in [7, 11) is 1.53. The molecule has 2 N–H and O–H groups in total. The lowest BCUT2D eigenvalue weighted by Crippen LogP contribution is -2.03. The summed E-state index contributed by atoms with van der Waals surface area (Å²) in [4.78, 5) is 6.93. The maximum absolute atomic E-state index is 12.5. The van der Waals surface area contributed by atoms with Gasteiger partial charge in [0.1, 0.15) is 5.75 Å². The summed E-state index contributed by atoms with van der Waals surface area (Å²) in [5.74, 6) is 0.541. The number of nitrogens with zero attached hydrogens (tertiary/aromatic N) is 1. The molecule has 4 nitrogen and oxygen atoms in total. The Morgan fingerprint density at radius 2 is 1.83 bits per heavy atom. The summed E-state index contributed by atoms with van der Waals surface area (Å²) in [5, 5.41) is 10.7. The molecule has 1 aromatic heterocycles. The van der Waals surface area contributed by atoms with Gasteiger partial charge in [-0.05, 0) is 42.5 Å². The van der Waals surface area contributed by atoms with Crippen molar-refractivity contribution in [2.45, 2.75) is 6.18 Å². The molecule has 0 saturated carbocycles. The summed E-state index contributed by atoms with van der Waals surface area (Å²) in [6, 6.07) is 9.70. The molecule has 3 aromatic rings. The molecule has 0 unspecified atom stereocenters. The maximum atomic E-state index is 12.5. The van der Waals surface area contributed by atoms with Gasteiger partial charge < -0.3 is 14.8 Å². The average molecular weight is 334 g/mol. The fraction of sp³-hybridized carbons (Fsp3) is 0.118. The number of alkyl halides is 3. The van der Waals surface area contributed by atoms with E-state index in [1.54, 1.807) is 18.2 Å². The van der Waals surface area contributed by atoms with Crippen LogP contribution >= 0.6 is 0 Å². The van der Waals surface area contributed by atoms with E-state index in [0.717, 1.165) is 12.1 Å². The largest absolute Gasteiger partial charge is 0.497 e. The first-order valence-corrected chi connectivity index (χ1v) is 6.98. The highest BCUT2D eigenvalue weighted by molar-refractivity contribution is 6.03. The van der Waals surface area contributed by atoms with Crippen molar-refractivity contribution in [1.29, 1.82) is 0 Å². The summed E-state index contributed by atoms with van der Waals surface area (Å²) < 4.78 is 42.8. The number of hydrogen-bond donors (Lipinski definition) is 2. The highest BCUT2D eigenvalue weighted by Crippen LogP contribution is 2.31. The third-order valence-corrected chi connectivity index (χ3v) is 3.56. The molecular formula is C17H13F3N2O2. The number of aromatic amines is 1. The molecule has 0 aliphatic carbocycles. The lowest BCUT2D eigenvalue weighted by molar-refractivity contribution is -0.137. The number of H-pyrrole nitrogens is 1. The first-order valence-electron chi connectivity index (χ1n) is 6.98. The molecule has 0 saturated heterocycles. The van der Waals surface area contributed by atoms with Crippen molar-refractivity contribution < 1.29 is 23.0 Å². The standard InChI is InChI=1S/C17H13F3N2O2/c1-24-12-6-7-15-13(8-12)14(16(23)22-15)9-21-11-4-2-10(3-5-11)17(18,19)20/h2-9,22-23H,1H3. The van der Waals surface area contributed by atoms with Crippen LogP contribution in [0.2, 0.25) is 0 Å². The van der Waals surface area contributed by atoms with Crippen molar-refractivity contribution in [1.82, 2.24) is 4.98 Å². The van der Waals surface area contributed by atoms with E-state index in [4.69, 9.17) is 4.74 Å². The Morgan fingerprint density at radius 3 is 2.46 bits per heavy atom. The topological polar surface area (TPSA) is 57.6 Å². The minimum absolute atomic E-state index is 0.0751. The molecule has 0 amide bonds. The SMILES string of the molecule is COc1ccc2[nH]c(O)c(C=Nc3ccc(C(F)(F)F)cc3)c2c1. The van der Waals surface area contributed by atoms with Crippen molar-refractivity contribution in [2.75, 3.05) is 7.11 Å². The number of aliphatic imine (C=N–C) groups is 1. The number of aromatic hydroxyl groups is 1. The van der Waals surface area contributed by atoms with Crippen LogP contribution in [-0.4, -0.2) is 23.4 Å². The van der Waals surface area contributed by atoms with Crippen LogP contribution in [0.4, 0.5) is 18.9 Å². The normalized spacial score (nSPS) is 12.2. The molecule has 3 rings (SSSR count). The number of ether oxygens (including phenoxy) is 1. The van der Waals surface area contributed by atoms with E-state index in [2.05, 4.69) is 9.98 Å². The Labute approximate surface area is 135 Å². The third-order valence-electron chi connectivity index (χ3n) is 3.56. The monoisotopic (exact) mass is 334 g/mol. The van der Waals surface area contributed by atoms with Crippen molar-refractivity contribution in [2.24, 2.45) is 4.99 Å². The zero-order valence-electron chi connectivity index (χ0n) is 12.6. The van der Waals surface area contributed by atoms with Gasteiger partial charge in [0.15, 0.2) is 5.88 Å². The number of methoxy groups -OCH3 is 1. The van der Waals surface area contributed by atoms with Gasteiger partial charge in [0, 0.05) is 17.1 Å². The van der Waals surface area contributed by atoms with Gasteiger partial charge in [-0.2, -0.15) is 13.2 Å². The van der Waals surface area contributed by atoms with Crippen molar-refractivity contribution >= 4 is 22.8 Å². The molecule has 0 fully saturated rings. The van der Waals surface area contributed by atoms with Crippen molar-refractivity contribution in [3.05, 3.63) is 53.6 Å². The fourth-order valence-corrected chi connectivity index (χ4v) is 2.31. The molecule has 124 valence electrons. The van der Waals surface area contributed by atoms with Gasteiger partial charge in [-0.25, -0.2) is 0 Å². The van der Waals surface area contributed by atoms with Crippen LogP contribution in [0.15, 0.2) is 47.5 Å². The Kier molecular flexibility index (Phi) is 3.92. The molecule has 0 spiro atoms. The highest BCUT2D eigenvalue weighted by Gasteiger charge is 2.29. The quantitative estimate of drug-likeness (QED) is 0.685. The second-order valence-corrected chi connectivity index (χ2v) is 5.10. The molecule has 0 atom stereocenters. The van der Waals surface area contributed by atoms with Gasteiger partial charge in [-0.3, -0.25) is 4.99 Å². The molecule has 0 bridgehead atoms. The average Bonchev–Trinajstić information content (AvgIpc) is 2.87. The van der Waals surface area contributed by atoms with Crippen LogP contribution < -0.4 is 4.74 Å². The first kappa shape index (κ1) is 15.9. The zero-order chi connectivity index (χ0) is 17.3. The van der Waals surface area contributed by atoms with Crippen LogP contribution in [0.25, 0.3) is 10.9 Å². The van der Waals surface area contributed by atoms with Crippen LogP contribution in [0, 0.1) is 0 Å². The number of fused-ring (bicyclic) bond motifs is 1. The predicted octanol–water partition coefficient (Wildman–Crippen LogP) is 4.65. The summed E-state index contributed by atoms with van der Waals surface area (Å²) in [5.41, 5.74) is 0.742. The van der Waals surface area contributed by atoms with E-state index in [9.17, 15) is 18.3 Å². The molecule has 0 aliphatic rings. The van der Waals surface area contributed by atoms with Gasteiger partial charge >= 0.3 is 6.18 Å². The third kappa shape index (κ3) is 3.05. The Bertz CT molecular complexity index is 897. The lowest BCUT2D eigenvalue weighted by Gasteiger charge is -2.05. The first-order chi connectivity index (χ1) is 11.4. The van der Waals surface area contributed by atoms with Gasteiger partial charge in [0.05, 0.1) is 23.9 Å². The smallest absolute Gasteiger partial charge is 0.416 e. The molecule has 1 heterocycles. The minimum atomic E-state index is -4.38. The summed E-state index contributed by atoms with van der Waals surface area (Å²) in [6.45, 7) is 0. The number of hydrogen-bond acceptors (Lipinski definition) is 3. The molecular weight excluding hydrogens is 321 g/mol. The second-order valence-electron chi connectivity index (χ2n) is 5.10. The van der Waals surface area contributed by atoms with Gasteiger partial charge in [0.25, 0.3) is 0 Å². The van der Waals surface area contributed by atoms with Crippen molar-refractivity contribution in [3.63, 3.8) is 0 Å². The van der Waals surface area contributed by atoms with Gasteiger partial charge in [-0.1, -0.05) is 0 Å². The number of nitrogens with one attached hydrogen (secondary N) is 1. The van der Waals surface area contributed by atoms with E-state index in [1.165, 1.54) is 25.5 Å². The summed E-state index contributed by atoms with van der Waals surface area (Å²) in [6.07, 6.45) is -2.98. The fourth-order valence-electron chi connectivity index (χ4n) is 2.31.